The lowest BCUT2D eigenvalue weighted by atomic mass is 9.78. The van der Waals surface area contributed by atoms with E-state index in [4.69, 9.17) is 10.6 Å². The van der Waals surface area contributed by atoms with Crippen LogP contribution in [0.2, 0.25) is 0 Å². The molecule has 0 spiro atoms. The van der Waals surface area contributed by atoms with Crippen LogP contribution in [0, 0.1) is 25.7 Å². The molecule has 0 radical (unpaired) electrons. The molecule has 2 aromatic rings. The minimum Gasteiger partial charge on any atom is -0.485 e. The third-order valence-corrected chi connectivity index (χ3v) is 6.75. The second-order valence-corrected chi connectivity index (χ2v) is 9.00. The molecule has 0 unspecified atom stereocenters. The Kier molecular flexibility index (Phi) is 7.05. The van der Waals surface area contributed by atoms with Gasteiger partial charge in [-0.05, 0) is 43.7 Å². The van der Waals surface area contributed by atoms with Crippen LogP contribution in [0.5, 0.6) is 5.75 Å². The van der Waals surface area contributed by atoms with Crippen molar-refractivity contribution < 1.29 is 9.53 Å². The Morgan fingerprint density at radius 1 is 1.31 bits per heavy atom. The minimum atomic E-state index is 0.0111. The summed E-state index contributed by atoms with van der Waals surface area (Å²) in [6.45, 7) is 8.75. The first-order valence-electron chi connectivity index (χ1n) is 10.2. The molecule has 1 fully saturated rings. The van der Waals surface area contributed by atoms with Gasteiger partial charge in [-0.1, -0.05) is 56.1 Å². The molecule has 1 aliphatic rings. The highest BCUT2D eigenvalue weighted by atomic mass is 32.2. The fourth-order valence-corrected chi connectivity index (χ4v) is 4.46. The summed E-state index contributed by atoms with van der Waals surface area (Å²) in [5.74, 6) is 8.84. The zero-order valence-electron chi connectivity index (χ0n) is 17.6. The Balaban J connectivity index is 1.51. The van der Waals surface area contributed by atoms with E-state index in [2.05, 4.69) is 35.4 Å². The van der Waals surface area contributed by atoms with Crippen molar-refractivity contribution in [3.63, 3.8) is 0 Å². The lowest BCUT2D eigenvalue weighted by Gasteiger charge is -2.34. The van der Waals surface area contributed by atoms with E-state index in [0.29, 0.717) is 22.8 Å². The Morgan fingerprint density at radius 3 is 2.86 bits per heavy atom. The van der Waals surface area contributed by atoms with Crippen LogP contribution in [0.1, 0.15) is 50.1 Å². The quantitative estimate of drug-likeness (QED) is 0.531. The number of hydrogen-bond acceptors (Lipinski definition) is 6. The number of benzene rings is 1. The zero-order valence-corrected chi connectivity index (χ0v) is 18.5. The average molecular weight is 418 g/mol. The third-order valence-electron chi connectivity index (χ3n) is 5.81. The number of carbonyl (C=O) groups is 1. The van der Waals surface area contributed by atoms with Gasteiger partial charge in [-0.25, -0.2) is 4.68 Å². The van der Waals surface area contributed by atoms with Crippen molar-refractivity contribution in [2.24, 2.45) is 11.8 Å². The standard InChI is InChI=1S/C21H31N5O2S/c1-13-8-9-18(15(3)10-13)28-11-19-24-25-21(26(19)22)29-12-20(27)23-17-7-5-6-14(2)16(17)4/h8-10,14,16-17H,5-7,11-12,22H2,1-4H3,(H,23,27)/t14-,16-,17+/m0/s1. The van der Waals surface area contributed by atoms with Crippen LogP contribution in [0.15, 0.2) is 23.4 Å². The number of nitrogens with one attached hydrogen (secondary N) is 1. The first kappa shape index (κ1) is 21.5. The van der Waals surface area contributed by atoms with E-state index in [9.17, 15) is 4.79 Å². The molecule has 3 rings (SSSR count). The molecular weight excluding hydrogens is 386 g/mol. The predicted molar refractivity (Wildman–Crippen MR) is 115 cm³/mol. The number of aryl methyl sites for hydroxylation is 2. The van der Waals surface area contributed by atoms with Gasteiger partial charge in [0.05, 0.1) is 5.75 Å². The number of nitrogens with two attached hydrogens (primary N) is 1. The molecule has 1 heterocycles. The summed E-state index contributed by atoms with van der Waals surface area (Å²) in [6.07, 6.45) is 3.46. The molecule has 158 valence electrons. The van der Waals surface area contributed by atoms with Gasteiger partial charge in [0, 0.05) is 6.04 Å². The predicted octanol–water partition coefficient (Wildman–Crippen LogP) is 3.22. The molecule has 1 amide bonds. The molecule has 1 aromatic carbocycles. The van der Waals surface area contributed by atoms with Gasteiger partial charge in [0.2, 0.25) is 11.1 Å². The maximum atomic E-state index is 12.4. The van der Waals surface area contributed by atoms with E-state index in [1.807, 2.05) is 26.0 Å². The van der Waals surface area contributed by atoms with Crippen molar-refractivity contribution in [3.05, 3.63) is 35.2 Å². The molecular formula is C21H31N5O2S. The van der Waals surface area contributed by atoms with Crippen molar-refractivity contribution in [1.29, 1.82) is 0 Å². The molecule has 7 nitrogen and oxygen atoms in total. The Hall–Kier alpha value is -2.22. The Bertz CT molecular complexity index is 854. The van der Waals surface area contributed by atoms with Crippen molar-refractivity contribution in [2.45, 2.75) is 64.8 Å². The second kappa shape index (κ2) is 9.52. The van der Waals surface area contributed by atoms with Gasteiger partial charge in [0.25, 0.3) is 0 Å². The summed E-state index contributed by atoms with van der Waals surface area (Å²) in [7, 11) is 0. The lowest BCUT2D eigenvalue weighted by Crippen LogP contribution is -2.44. The Morgan fingerprint density at radius 2 is 2.10 bits per heavy atom. The van der Waals surface area contributed by atoms with E-state index < -0.39 is 0 Å². The normalized spacial score (nSPS) is 21.7. The van der Waals surface area contributed by atoms with Crippen molar-refractivity contribution in [3.8, 4) is 5.75 Å². The zero-order chi connectivity index (χ0) is 21.0. The highest BCUT2D eigenvalue weighted by molar-refractivity contribution is 7.99. The molecule has 3 atom stereocenters. The number of amides is 1. The van der Waals surface area contributed by atoms with Crippen LogP contribution in [0.4, 0.5) is 0 Å². The number of ether oxygens (including phenoxy) is 1. The number of rotatable bonds is 7. The summed E-state index contributed by atoms with van der Waals surface area (Å²) in [5.41, 5.74) is 2.25. The van der Waals surface area contributed by atoms with Crippen LogP contribution < -0.4 is 15.9 Å². The van der Waals surface area contributed by atoms with Gasteiger partial charge in [-0.15, -0.1) is 10.2 Å². The van der Waals surface area contributed by atoms with Crippen LogP contribution in [0.3, 0.4) is 0 Å². The topological polar surface area (TPSA) is 95.1 Å². The van der Waals surface area contributed by atoms with Crippen molar-refractivity contribution >= 4 is 17.7 Å². The number of hydrogen-bond donors (Lipinski definition) is 2. The summed E-state index contributed by atoms with van der Waals surface area (Å²) >= 11 is 1.29. The van der Waals surface area contributed by atoms with Gasteiger partial charge >= 0.3 is 0 Å². The molecule has 0 aliphatic heterocycles. The monoisotopic (exact) mass is 417 g/mol. The van der Waals surface area contributed by atoms with Crippen LogP contribution in [-0.2, 0) is 11.4 Å². The van der Waals surface area contributed by atoms with E-state index >= 15 is 0 Å². The summed E-state index contributed by atoms with van der Waals surface area (Å²) in [6, 6.07) is 6.26. The maximum Gasteiger partial charge on any atom is 0.230 e. The molecule has 0 bridgehead atoms. The number of nitrogens with zero attached hydrogens (tertiary/aromatic N) is 3. The first-order chi connectivity index (χ1) is 13.8. The Labute approximate surface area is 176 Å². The number of thioether (sulfide) groups is 1. The molecule has 8 heteroatoms. The summed E-state index contributed by atoms with van der Waals surface area (Å²) < 4.78 is 7.22. The maximum absolute atomic E-state index is 12.4. The molecule has 3 N–H and O–H groups in total. The molecule has 1 aromatic heterocycles. The fourth-order valence-electron chi connectivity index (χ4n) is 3.77. The van der Waals surface area contributed by atoms with E-state index in [0.717, 1.165) is 17.7 Å². The first-order valence-corrected chi connectivity index (χ1v) is 11.1. The SMILES string of the molecule is Cc1ccc(OCc2nnc(SCC(=O)N[C@@H]3CCC[C@H](C)[C@@H]3C)n2N)c(C)c1. The number of nitrogen functional groups attached to an aromatic ring is 1. The lowest BCUT2D eigenvalue weighted by molar-refractivity contribution is -0.120. The highest BCUT2D eigenvalue weighted by Crippen LogP contribution is 2.29. The van der Waals surface area contributed by atoms with Crippen LogP contribution in [-0.4, -0.2) is 32.6 Å². The number of aromatic nitrogens is 3. The van der Waals surface area contributed by atoms with Crippen LogP contribution >= 0.6 is 11.8 Å². The van der Waals surface area contributed by atoms with Crippen molar-refractivity contribution in [2.75, 3.05) is 11.6 Å². The van der Waals surface area contributed by atoms with Gasteiger partial charge < -0.3 is 15.9 Å². The smallest absolute Gasteiger partial charge is 0.230 e. The van der Waals surface area contributed by atoms with Crippen LogP contribution in [0.25, 0.3) is 0 Å². The van der Waals surface area contributed by atoms with E-state index in [1.165, 1.54) is 34.8 Å². The third kappa shape index (κ3) is 5.44. The molecule has 29 heavy (non-hydrogen) atoms. The summed E-state index contributed by atoms with van der Waals surface area (Å²) in [5, 5.41) is 11.9. The molecule has 0 saturated heterocycles. The van der Waals surface area contributed by atoms with Gasteiger partial charge in [0.15, 0.2) is 5.82 Å². The van der Waals surface area contributed by atoms with E-state index in [-0.39, 0.29) is 24.3 Å². The number of carbonyl (C=O) groups excluding carboxylic acids is 1. The summed E-state index contributed by atoms with van der Waals surface area (Å²) in [4.78, 5) is 12.4. The fraction of sp³-hybridized carbons (Fsp3) is 0.571. The molecule has 1 saturated carbocycles. The van der Waals surface area contributed by atoms with E-state index in [1.54, 1.807) is 0 Å². The van der Waals surface area contributed by atoms with Crippen molar-refractivity contribution in [1.82, 2.24) is 20.2 Å². The largest absolute Gasteiger partial charge is 0.485 e. The minimum absolute atomic E-state index is 0.0111. The molecule has 1 aliphatic carbocycles. The highest BCUT2D eigenvalue weighted by Gasteiger charge is 2.28. The second-order valence-electron chi connectivity index (χ2n) is 8.06. The average Bonchev–Trinajstić information content (AvgIpc) is 3.03. The van der Waals surface area contributed by atoms with Gasteiger partial charge in [-0.2, -0.15) is 0 Å². The van der Waals surface area contributed by atoms with Gasteiger partial charge in [-0.3, -0.25) is 4.79 Å². The van der Waals surface area contributed by atoms with Gasteiger partial charge in [0.1, 0.15) is 12.4 Å².